The van der Waals surface area contributed by atoms with Gasteiger partial charge in [0, 0.05) is 6.07 Å². The zero-order valence-electron chi connectivity index (χ0n) is 6.98. The molecular formula is C8H7Cl2NO3. The Kier molecular flexibility index (Phi) is 3.69. The zero-order chi connectivity index (χ0) is 10.7. The van der Waals surface area contributed by atoms with E-state index >= 15 is 0 Å². The summed E-state index contributed by atoms with van der Waals surface area (Å²) in [6.07, 6.45) is -0.910. The van der Waals surface area contributed by atoms with Gasteiger partial charge in [-0.05, 0) is 11.6 Å². The molecule has 0 fully saturated rings. The first-order valence-corrected chi connectivity index (χ1v) is 4.65. The molecule has 1 aromatic rings. The van der Waals surface area contributed by atoms with Gasteiger partial charge in [0.2, 0.25) is 0 Å². The standard InChI is InChI=1S/C8H7Cl2NO3/c9-4-8(12)5-1-2-6(10)7(3-5)11(13)14/h1-3,8,12H,4H2/t8-/m0/s1. The van der Waals surface area contributed by atoms with Gasteiger partial charge in [-0.25, -0.2) is 0 Å². The smallest absolute Gasteiger partial charge is 0.288 e. The molecule has 0 aliphatic rings. The summed E-state index contributed by atoms with van der Waals surface area (Å²) in [5.41, 5.74) is 0.157. The Hall–Kier alpha value is -0.840. The monoisotopic (exact) mass is 235 g/mol. The number of nitrogens with zero attached hydrogens (tertiary/aromatic N) is 1. The van der Waals surface area contributed by atoms with Crippen LogP contribution in [0.5, 0.6) is 0 Å². The van der Waals surface area contributed by atoms with Crippen molar-refractivity contribution in [1.29, 1.82) is 0 Å². The highest BCUT2D eigenvalue weighted by Gasteiger charge is 2.15. The molecule has 1 atom stereocenters. The number of aliphatic hydroxyl groups excluding tert-OH is 1. The van der Waals surface area contributed by atoms with Crippen LogP contribution in [0, 0.1) is 10.1 Å². The molecule has 14 heavy (non-hydrogen) atoms. The minimum Gasteiger partial charge on any atom is -0.387 e. The van der Waals surface area contributed by atoms with Gasteiger partial charge in [-0.15, -0.1) is 11.6 Å². The van der Waals surface area contributed by atoms with Crippen molar-refractivity contribution >= 4 is 28.9 Å². The predicted molar refractivity (Wildman–Crippen MR) is 53.8 cm³/mol. The van der Waals surface area contributed by atoms with E-state index in [1.807, 2.05) is 0 Å². The molecule has 0 spiro atoms. The Morgan fingerprint density at radius 3 is 2.71 bits per heavy atom. The molecule has 0 radical (unpaired) electrons. The van der Waals surface area contributed by atoms with E-state index in [1.54, 1.807) is 0 Å². The average Bonchev–Trinajstić information content (AvgIpc) is 2.17. The van der Waals surface area contributed by atoms with Crippen LogP contribution >= 0.6 is 23.2 Å². The molecule has 0 aliphatic carbocycles. The summed E-state index contributed by atoms with van der Waals surface area (Å²) in [6, 6.07) is 4.09. The zero-order valence-corrected chi connectivity index (χ0v) is 8.50. The van der Waals surface area contributed by atoms with Crippen LogP contribution in [-0.2, 0) is 0 Å². The van der Waals surface area contributed by atoms with Crippen molar-refractivity contribution < 1.29 is 10.0 Å². The van der Waals surface area contributed by atoms with Crippen LogP contribution < -0.4 is 0 Å². The topological polar surface area (TPSA) is 63.4 Å². The molecule has 0 aliphatic heterocycles. The maximum atomic E-state index is 10.5. The highest BCUT2D eigenvalue weighted by atomic mass is 35.5. The SMILES string of the molecule is O=[N+]([O-])c1cc([C@@H](O)CCl)ccc1Cl. The predicted octanol–water partition coefficient (Wildman–Crippen LogP) is 2.52. The average molecular weight is 236 g/mol. The van der Waals surface area contributed by atoms with Crippen LogP contribution in [0.1, 0.15) is 11.7 Å². The molecule has 1 rings (SSSR count). The Morgan fingerprint density at radius 1 is 1.57 bits per heavy atom. The molecule has 0 amide bonds. The number of alkyl halides is 1. The maximum Gasteiger partial charge on any atom is 0.288 e. The van der Waals surface area contributed by atoms with Crippen LogP contribution in [-0.4, -0.2) is 15.9 Å². The lowest BCUT2D eigenvalue weighted by Crippen LogP contribution is -2.00. The van der Waals surface area contributed by atoms with Gasteiger partial charge in [-0.3, -0.25) is 10.1 Å². The van der Waals surface area contributed by atoms with Crippen molar-refractivity contribution in [1.82, 2.24) is 0 Å². The molecule has 0 saturated carbocycles. The lowest BCUT2D eigenvalue weighted by Gasteiger charge is -2.06. The summed E-state index contributed by atoms with van der Waals surface area (Å²) in [5.74, 6) is -0.0151. The molecule has 1 aromatic carbocycles. The largest absolute Gasteiger partial charge is 0.387 e. The van der Waals surface area contributed by atoms with Crippen molar-refractivity contribution in [2.75, 3.05) is 5.88 Å². The Morgan fingerprint density at radius 2 is 2.21 bits per heavy atom. The number of hydrogen-bond acceptors (Lipinski definition) is 3. The Bertz CT molecular complexity index is 356. The fourth-order valence-corrected chi connectivity index (χ4v) is 1.33. The van der Waals surface area contributed by atoms with Crippen LogP contribution in [0.25, 0.3) is 0 Å². The minimum absolute atomic E-state index is 0.0151. The highest BCUT2D eigenvalue weighted by molar-refractivity contribution is 6.32. The normalized spacial score (nSPS) is 12.5. The first kappa shape index (κ1) is 11.2. The number of nitro groups is 1. The Labute approximate surface area is 90.2 Å². The Balaban J connectivity index is 3.12. The lowest BCUT2D eigenvalue weighted by molar-refractivity contribution is -0.384. The van der Waals surface area contributed by atoms with Gasteiger partial charge in [0.05, 0.1) is 16.9 Å². The number of benzene rings is 1. The summed E-state index contributed by atoms with van der Waals surface area (Å²) < 4.78 is 0. The van der Waals surface area contributed by atoms with Gasteiger partial charge in [-0.2, -0.15) is 0 Å². The van der Waals surface area contributed by atoms with Crippen molar-refractivity contribution in [3.05, 3.63) is 38.9 Å². The van der Waals surface area contributed by atoms with E-state index < -0.39 is 11.0 Å². The fourth-order valence-electron chi connectivity index (χ4n) is 0.966. The lowest BCUT2D eigenvalue weighted by atomic mass is 10.1. The van der Waals surface area contributed by atoms with E-state index in [9.17, 15) is 15.2 Å². The van der Waals surface area contributed by atoms with Crippen LogP contribution in [0.15, 0.2) is 18.2 Å². The van der Waals surface area contributed by atoms with Gasteiger partial charge in [0.25, 0.3) is 5.69 Å². The third kappa shape index (κ3) is 2.35. The van der Waals surface area contributed by atoms with E-state index in [1.165, 1.54) is 18.2 Å². The summed E-state index contributed by atoms with van der Waals surface area (Å²) in [7, 11) is 0. The number of halogens is 2. The molecule has 0 bridgehead atoms. The molecule has 4 nitrogen and oxygen atoms in total. The molecule has 1 N–H and O–H groups in total. The van der Waals surface area contributed by atoms with Gasteiger partial charge in [0.1, 0.15) is 5.02 Å². The number of nitro benzene ring substituents is 1. The van der Waals surface area contributed by atoms with Crippen molar-refractivity contribution in [2.45, 2.75) is 6.10 Å². The molecule has 0 aromatic heterocycles. The van der Waals surface area contributed by atoms with Gasteiger partial charge in [-0.1, -0.05) is 17.7 Å². The van der Waals surface area contributed by atoms with Crippen molar-refractivity contribution in [3.63, 3.8) is 0 Å². The molecule has 6 heteroatoms. The third-order valence-electron chi connectivity index (χ3n) is 1.70. The number of hydrogen-bond donors (Lipinski definition) is 1. The van der Waals surface area contributed by atoms with Crippen molar-refractivity contribution in [2.24, 2.45) is 0 Å². The van der Waals surface area contributed by atoms with E-state index in [-0.39, 0.29) is 16.6 Å². The molecule has 0 unspecified atom stereocenters. The second-order valence-corrected chi connectivity index (χ2v) is 3.35. The number of rotatable bonds is 3. The van der Waals surface area contributed by atoms with E-state index in [0.717, 1.165) is 0 Å². The van der Waals surface area contributed by atoms with Gasteiger partial charge < -0.3 is 5.11 Å². The summed E-state index contributed by atoms with van der Waals surface area (Å²) in [4.78, 5) is 9.89. The van der Waals surface area contributed by atoms with Gasteiger partial charge in [0.15, 0.2) is 0 Å². The van der Waals surface area contributed by atoms with Crippen molar-refractivity contribution in [3.8, 4) is 0 Å². The first-order chi connectivity index (χ1) is 6.56. The van der Waals surface area contributed by atoms with E-state index in [2.05, 4.69) is 0 Å². The van der Waals surface area contributed by atoms with E-state index in [4.69, 9.17) is 23.2 Å². The molecule has 76 valence electrons. The van der Waals surface area contributed by atoms with Crippen LogP contribution in [0.2, 0.25) is 5.02 Å². The summed E-state index contributed by atoms with van der Waals surface area (Å²) in [5, 5.41) is 19.9. The third-order valence-corrected chi connectivity index (χ3v) is 2.31. The first-order valence-electron chi connectivity index (χ1n) is 3.74. The summed E-state index contributed by atoms with van der Waals surface area (Å²) >= 11 is 11.0. The van der Waals surface area contributed by atoms with Gasteiger partial charge >= 0.3 is 0 Å². The maximum absolute atomic E-state index is 10.5. The number of aliphatic hydroxyl groups is 1. The molecule has 0 saturated heterocycles. The second-order valence-electron chi connectivity index (χ2n) is 2.64. The second kappa shape index (κ2) is 4.59. The fraction of sp³-hybridized carbons (Fsp3) is 0.250. The minimum atomic E-state index is -0.910. The highest BCUT2D eigenvalue weighted by Crippen LogP contribution is 2.27. The quantitative estimate of drug-likeness (QED) is 0.498. The van der Waals surface area contributed by atoms with Crippen LogP contribution in [0.4, 0.5) is 5.69 Å². The summed E-state index contributed by atoms with van der Waals surface area (Å²) in [6.45, 7) is 0. The molecular weight excluding hydrogens is 229 g/mol. The van der Waals surface area contributed by atoms with E-state index in [0.29, 0.717) is 5.56 Å². The van der Waals surface area contributed by atoms with Crippen LogP contribution in [0.3, 0.4) is 0 Å². The molecule has 0 heterocycles.